The molecule has 1 aromatic heterocycles. The van der Waals surface area contributed by atoms with E-state index in [0.717, 1.165) is 4.88 Å². The van der Waals surface area contributed by atoms with Gasteiger partial charge in [0.25, 0.3) is 5.91 Å². The molecule has 0 bridgehead atoms. The van der Waals surface area contributed by atoms with Crippen molar-refractivity contribution in [3.8, 4) is 0 Å². The Hall–Kier alpha value is -2.26. The molecule has 1 aromatic carbocycles. The first-order valence-electron chi connectivity index (χ1n) is 9.41. The van der Waals surface area contributed by atoms with Crippen molar-refractivity contribution >= 4 is 17.2 Å². The molecule has 1 aliphatic heterocycles. The van der Waals surface area contributed by atoms with Crippen LogP contribution in [0.25, 0.3) is 0 Å². The third kappa shape index (κ3) is 6.37. The molecule has 0 saturated heterocycles. The van der Waals surface area contributed by atoms with E-state index in [1.807, 2.05) is 17.5 Å². The highest BCUT2D eigenvalue weighted by molar-refractivity contribution is 7.10. The summed E-state index contributed by atoms with van der Waals surface area (Å²) in [5.41, 5.74) is 0.404. The van der Waals surface area contributed by atoms with E-state index in [1.54, 1.807) is 35.6 Å². The molecule has 2 atom stereocenters. The van der Waals surface area contributed by atoms with Crippen LogP contribution in [0.15, 0.2) is 53.6 Å². The number of ether oxygens (including phenoxy) is 3. The van der Waals surface area contributed by atoms with Crippen molar-refractivity contribution < 1.29 is 28.5 Å². The Morgan fingerprint density at radius 1 is 1.24 bits per heavy atom. The lowest BCUT2D eigenvalue weighted by Crippen LogP contribution is -2.33. The van der Waals surface area contributed by atoms with Crippen molar-refractivity contribution in [2.24, 2.45) is 0 Å². The van der Waals surface area contributed by atoms with Gasteiger partial charge in [0.05, 0.1) is 26.4 Å². The van der Waals surface area contributed by atoms with E-state index >= 15 is 0 Å². The fourth-order valence-corrected chi connectivity index (χ4v) is 3.74. The van der Waals surface area contributed by atoms with Gasteiger partial charge in [0.15, 0.2) is 5.76 Å². The molecule has 0 radical (unpaired) electrons. The van der Waals surface area contributed by atoms with E-state index in [9.17, 15) is 9.18 Å². The summed E-state index contributed by atoms with van der Waals surface area (Å²) in [7, 11) is 0. The van der Waals surface area contributed by atoms with Crippen molar-refractivity contribution in [2.75, 3.05) is 26.4 Å². The highest BCUT2D eigenvalue weighted by Gasteiger charge is 2.29. The molecule has 0 saturated carbocycles. The molecule has 1 aliphatic rings. The maximum atomic E-state index is 13.8. The van der Waals surface area contributed by atoms with Crippen LogP contribution in [-0.4, -0.2) is 43.7 Å². The van der Waals surface area contributed by atoms with E-state index in [1.165, 1.54) is 6.07 Å². The van der Waals surface area contributed by atoms with Crippen LogP contribution < -0.4 is 5.32 Å². The summed E-state index contributed by atoms with van der Waals surface area (Å²) in [6, 6.07) is 10.3. The summed E-state index contributed by atoms with van der Waals surface area (Å²) >= 11 is 1.60. The standard InChI is InChI=1S/C21H24FNO5S/c22-17-5-2-1-4-15(17)14-23-21(25)18-12-16(19-6-3-11-29-19)13-20(28-18)27-10-9-26-8-7-24/h1-6,11-12,16,20,24H,7-10,13-14H2,(H,23,25)/t16-,20+/m1/s1. The average Bonchev–Trinajstić information content (AvgIpc) is 3.27. The van der Waals surface area contributed by atoms with Gasteiger partial charge in [-0.2, -0.15) is 0 Å². The lowest BCUT2D eigenvalue weighted by molar-refractivity contribution is -0.151. The maximum absolute atomic E-state index is 13.8. The van der Waals surface area contributed by atoms with E-state index in [4.69, 9.17) is 19.3 Å². The number of hydrogen-bond donors (Lipinski definition) is 2. The molecular weight excluding hydrogens is 397 g/mol. The summed E-state index contributed by atoms with van der Waals surface area (Å²) < 4.78 is 30.4. The second kappa shape index (κ2) is 11.1. The lowest BCUT2D eigenvalue weighted by atomic mass is 9.99. The molecule has 0 spiro atoms. The van der Waals surface area contributed by atoms with Crippen LogP contribution in [0, 0.1) is 5.82 Å². The number of rotatable bonds is 10. The van der Waals surface area contributed by atoms with Crippen molar-refractivity contribution in [1.82, 2.24) is 5.32 Å². The maximum Gasteiger partial charge on any atom is 0.286 e. The summed E-state index contributed by atoms with van der Waals surface area (Å²) in [5.74, 6) is -0.639. The van der Waals surface area contributed by atoms with Crippen molar-refractivity contribution in [3.05, 3.63) is 69.9 Å². The molecule has 0 aliphatic carbocycles. The first kappa shape index (κ1) is 21.4. The van der Waals surface area contributed by atoms with E-state index < -0.39 is 12.2 Å². The Bertz CT molecular complexity index is 811. The number of nitrogens with one attached hydrogen (secondary N) is 1. The Morgan fingerprint density at radius 2 is 2.10 bits per heavy atom. The van der Waals surface area contributed by atoms with Crippen LogP contribution in [0.1, 0.15) is 22.8 Å². The molecule has 2 N–H and O–H groups in total. The van der Waals surface area contributed by atoms with Gasteiger partial charge in [-0.1, -0.05) is 24.3 Å². The molecule has 1 amide bonds. The number of allylic oxidation sites excluding steroid dienone is 1. The summed E-state index contributed by atoms with van der Waals surface area (Å²) in [4.78, 5) is 13.7. The minimum atomic E-state index is -0.598. The summed E-state index contributed by atoms with van der Waals surface area (Å²) in [6.07, 6.45) is 1.76. The number of benzene rings is 1. The lowest BCUT2D eigenvalue weighted by Gasteiger charge is -2.28. The van der Waals surface area contributed by atoms with E-state index in [-0.39, 0.29) is 43.9 Å². The predicted octanol–water partition coefficient (Wildman–Crippen LogP) is 2.94. The van der Waals surface area contributed by atoms with Crippen LogP contribution >= 0.6 is 11.3 Å². The van der Waals surface area contributed by atoms with Crippen LogP contribution in [0.5, 0.6) is 0 Å². The number of carbonyl (C=O) groups excluding carboxylic acids is 1. The van der Waals surface area contributed by atoms with Gasteiger partial charge in [0.1, 0.15) is 5.82 Å². The van der Waals surface area contributed by atoms with Gasteiger partial charge in [0, 0.05) is 29.3 Å². The van der Waals surface area contributed by atoms with Crippen molar-refractivity contribution in [1.29, 1.82) is 0 Å². The van der Waals surface area contributed by atoms with Crippen LogP contribution in [-0.2, 0) is 25.5 Å². The molecule has 0 unspecified atom stereocenters. The number of aliphatic hydroxyl groups is 1. The average molecular weight is 421 g/mol. The molecule has 2 aromatic rings. The highest BCUT2D eigenvalue weighted by Crippen LogP contribution is 2.33. The molecular formula is C21H24FNO5S. The number of hydrogen-bond acceptors (Lipinski definition) is 6. The first-order valence-corrected chi connectivity index (χ1v) is 10.3. The fourth-order valence-electron chi connectivity index (χ4n) is 2.93. The van der Waals surface area contributed by atoms with Gasteiger partial charge < -0.3 is 24.6 Å². The number of thiophene rings is 1. The number of aliphatic hydroxyl groups excluding tert-OH is 1. The molecule has 6 nitrogen and oxygen atoms in total. The first-order chi connectivity index (χ1) is 14.2. The zero-order valence-electron chi connectivity index (χ0n) is 15.9. The van der Waals surface area contributed by atoms with E-state index in [0.29, 0.717) is 18.6 Å². The quantitative estimate of drug-likeness (QED) is 0.577. The van der Waals surface area contributed by atoms with Crippen molar-refractivity contribution in [3.63, 3.8) is 0 Å². The largest absolute Gasteiger partial charge is 0.459 e. The zero-order chi connectivity index (χ0) is 20.5. The van der Waals surface area contributed by atoms with Gasteiger partial charge >= 0.3 is 0 Å². The number of halogens is 1. The Balaban J connectivity index is 1.62. The highest BCUT2D eigenvalue weighted by atomic mass is 32.1. The Morgan fingerprint density at radius 3 is 2.86 bits per heavy atom. The Kier molecular flexibility index (Phi) is 8.18. The molecule has 156 valence electrons. The topological polar surface area (TPSA) is 77.0 Å². The second-order valence-corrected chi connectivity index (χ2v) is 7.40. The van der Waals surface area contributed by atoms with Gasteiger partial charge in [-0.3, -0.25) is 4.79 Å². The minimum absolute atomic E-state index is 0.0127. The normalized spacial score (nSPS) is 18.8. The second-order valence-electron chi connectivity index (χ2n) is 6.42. The number of amides is 1. The monoisotopic (exact) mass is 421 g/mol. The SMILES string of the molecule is O=C(NCc1ccccc1F)C1=C[C@@H](c2cccs2)C[C@@H](OCCOCCO)O1. The van der Waals surface area contributed by atoms with E-state index in [2.05, 4.69) is 5.32 Å². The molecule has 2 heterocycles. The predicted molar refractivity (Wildman–Crippen MR) is 107 cm³/mol. The third-order valence-corrected chi connectivity index (χ3v) is 5.36. The molecule has 29 heavy (non-hydrogen) atoms. The minimum Gasteiger partial charge on any atom is -0.459 e. The van der Waals surface area contributed by atoms with Crippen LogP contribution in [0.3, 0.4) is 0 Å². The molecule has 0 fully saturated rings. The third-order valence-electron chi connectivity index (χ3n) is 4.35. The van der Waals surface area contributed by atoms with Gasteiger partial charge in [0.2, 0.25) is 6.29 Å². The van der Waals surface area contributed by atoms with Crippen LogP contribution in [0.4, 0.5) is 4.39 Å². The summed E-state index contributed by atoms with van der Waals surface area (Å²) in [5, 5.41) is 13.4. The zero-order valence-corrected chi connectivity index (χ0v) is 16.7. The summed E-state index contributed by atoms with van der Waals surface area (Å²) in [6.45, 7) is 0.872. The van der Waals surface area contributed by atoms with Gasteiger partial charge in [-0.15, -0.1) is 11.3 Å². The molecule has 8 heteroatoms. The number of carbonyl (C=O) groups is 1. The molecule has 3 rings (SSSR count). The van der Waals surface area contributed by atoms with Crippen molar-refractivity contribution in [2.45, 2.75) is 25.2 Å². The fraction of sp³-hybridized carbons (Fsp3) is 0.381. The Labute approximate surface area is 172 Å². The van der Waals surface area contributed by atoms with Gasteiger partial charge in [-0.05, 0) is 23.6 Å². The van der Waals surface area contributed by atoms with Gasteiger partial charge in [-0.25, -0.2) is 4.39 Å². The smallest absolute Gasteiger partial charge is 0.286 e. The van der Waals surface area contributed by atoms with Crippen LogP contribution in [0.2, 0.25) is 0 Å².